The summed E-state index contributed by atoms with van der Waals surface area (Å²) in [5.41, 5.74) is 0.486. The fourth-order valence-electron chi connectivity index (χ4n) is 2.13. The Balaban J connectivity index is 1.98. The average molecular weight is 264 g/mol. The maximum atomic E-state index is 5.36. The summed E-state index contributed by atoms with van der Waals surface area (Å²) in [6, 6.07) is 1.94. The molecule has 0 bridgehead atoms. The lowest BCUT2D eigenvalue weighted by Gasteiger charge is -2.10. The second kappa shape index (κ2) is 5.74. The van der Waals surface area contributed by atoms with Crippen LogP contribution in [0.5, 0.6) is 0 Å². The molecule has 19 heavy (non-hydrogen) atoms. The Kier molecular flexibility index (Phi) is 4.24. The van der Waals surface area contributed by atoms with Crippen molar-refractivity contribution in [1.82, 2.24) is 9.97 Å². The van der Waals surface area contributed by atoms with Gasteiger partial charge in [0.1, 0.15) is 18.2 Å². The first-order valence-corrected chi connectivity index (χ1v) is 6.92. The third kappa shape index (κ3) is 3.80. The monoisotopic (exact) mass is 264 g/mol. The van der Waals surface area contributed by atoms with Crippen molar-refractivity contribution >= 4 is 11.6 Å². The predicted octanol–water partition coefficient (Wildman–Crippen LogP) is 2.51. The van der Waals surface area contributed by atoms with E-state index in [-0.39, 0.29) is 0 Å². The summed E-state index contributed by atoms with van der Waals surface area (Å²) in [4.78, 5) is 8.85. The fraction of sp³-hybridized carbons (Fsp3) is 0.714. The molecular formula is C14H24N4O. The molecule has 2 rings (SSSR count). The van der Waals surface area contributed by atoms with Crippen molar-refractivity contribution in [3.63, 3.8) is 0 Å². The summed E-state index contributed by atoms with van der Waals surface area (Å²) in [5, 5.41) is 6.46. The zero-order chi connectivity index (χ0) is 13.9. The molecule has 0 spiro atoms. The summed E-state index contributed by atoms with van der Waals surface area (Å²) in [7, 11) is 1.86. The largest absolute Gasteiger partial charge is 0.374 e. The molecule has 0 saturated heterocycles. The number of ether oxygens (including phenoxy) is 1. The van der Waals surface area contributed by atoms with Crippen LogP contribution in [-0.4, -0.2) is 30.2 Å². The van der Waals surface area contributed by atoms with Crippen LogP contribution in [0, 0.1) is 11.3 Å². The van der Waals surface area contributed by atoms with Crippen LogP contribution in [0.25, 0.3) is 0 Å². The third-order valence-corrected chi connectivity index (χ3v) is 3.71. The van der Waals surface area contributed by atoms with Crippen LogP contribution in [0.2, 0.25) is 0 Å². The van der Waals surface area contributed by atoms with Crippen molar-refractivity contribution in [3.8, 4) is 0 Å². The van der Waals surface area contributed by atoms with E-state index < -0.39 is 0 Å². The fourth-order valence-corrected chi connectivity index (χ4v) is 2.13. The minimum atomic E-state index is 0.454. The van der Waals surface area contributed by atoms with E-state index in [1.807, 2.05) is 20.0 Å². The normalized spacial score (nSPS) is 20.1. The van der Waals surface area contributed by atoms with Crippen molar-refractivity contribution in [1.29, 1.82) is 0 Å². The van der Waals surface area contributed by atoms with E-state index in [1.54, 1.807) is 0 Å². The van der Waals surface area contributed by atoms with Gasteiger partial charge in [-0.25, -0.2) is 9.97 Å². The number of nitrogens with one attached hydrogen (secondary N) is 2. The van der Waals surface area contributed by atoms with Crippen molar-refractivity contribution in [2.75, 3.05) is 30.8 Å². The van der Waals surface area contributed by atoms with Crippen LogP contribution in [0.15, 0.2) is 6.07 Å². The van der Waals surface area contributed by atoms with Gasteiger partial charge in [-0.05, 0) is 24.7 Å². The summed E-state index contributed by atoms with van der Waals surface area (Å²) in [6.07, 6.45) is 1.29. The highest BCUT2D eigenvalue weighted by molar-refractivity contribution is 5.47. The molecule has 0 amide bonds. The molecule has 5 nitrogen and oxygen atoms in total. The summed E-state index contributed by atoms with van der Waals surface area (Å²) >= 11 is 0. The Hall–Kier alpha value is -1.36. The molecule has 106 valence electrons. The zero-order valence-corrected chi connectivity index (χ0v) is 12.3. The third-order valence-electron chi connectivity index (χ3n) is 3.71. The second-order valence-electron chi connectivity index (χ2n) is 5.71. The smallest absolute Gasteiger partial charge is 0.158 e. The quantitative estimate of drug-likeness (QED) is 0.792. The van der Waals surface area contributed by atoms with E-state index in [0.717, 1.165) is 24.1 Å². The Morgan fingerprint density at radius 3 is 2.63 bits per heavy atom. The topological polar surface area (TPSA) is 59.1 Å². The van der Waals surface area contributed by atoms with Crippen LogP contribution in [0.3, 0.4) is 0 Å². The molecule has 1 saturated carbocycles. The lowest BCUT2D eigenvalue weighted by Crippen LogP contribution is -2.11. The van der Waals surface area contributed by atoms with Gasteiger partial charge in [-0.3, -0.25) is 0 Å². The molecule has 1 aromatic rings. The molecule has 2 N–H and O–H groups in total. The van der Waals surface area contributed by atoms with Gasteiger partial charge in [-0.2, -0.15) is 0 Å². The van der Waals surface area contributed by atoms with Crippen LogP contribution < -0.4 is 10.6 Å². The molecule has 0 aromatic carbocycles. The molecule has 1 heterocycles. The van der Waals surface area contributed by atoms with E-state index in [4.69, 9.17) is 4.74 Å². The highest BCUT2D eigenvalue weighted by atomic mass is 16.5. The second-order valence-corrected chi connectivity index (χ2v) is 5.71. The van der Waals surface area contributed by atoms with E-state index in [1.165, 1.54) is 6.42 Å². The van der Waals surface area contributed by atoms with Crippen LogP contribution in [0.1, 0.15) is 33.0 Å². The average Bonchev–Trinajstić information content (AvgIpc) is 3.01. The van der Waals surface area contributed by atoms with Gasteiger partial charge in [0.05, 0.1) is 0 Å². The molecule has 5 heteroatoms. The molecule has 1 atom stereocenters. The molecule has 1 aromatic heterocycles. The highest BCUT2D eigenvalue weighted by Crippen LogP contribution is 2.51. The van der Waals surface area contributed by atoms with E-state index in [0.29, 0.717) is 24.5 Å². The number of hydrogen-bond acceptors (Lipinski definition) is 5. The number of rotatable bonds is 7. The van der Waals surface area contributed by atoms with E-state index >= 15 is 0 Å². The van der Waals surface area contributed by atoms with E-state index in [2.05, 4.69) is 34.4 Å². The molecule has 1 fully saturated rings. The van der Waals surface area contributed by atoms with Gasteiger partial charge in [0.15, 0.2) is 5.82 Å². The summed E-state index contributed by atoms with van der Waals surface area (Å²) in [6.45, 7) is 8.68. The van der Waals surface area contributed by atoms with Gasteiger partial charge >= 0.3 is 0 Å². The first kappa shape index (κ1) is 14.1. The van der Waals surface area contributed by atoms with Crippen LogP contribution in [-0.2, 0) is 11.3 Å². The minimum absolute atomic E-state index is 0.454. The van der Waals surface area contributed by atoms with Gasteiger partial charge in [0, 0.05) is 26.3 Å². The lowest BCUT2D eigenvalue weighted by molar-refractivity contribution is 0.128. The van der Waals surface area contributed by atoms with Gasteiger partial charge in [-0.15, -0.1) is 0 Å². The molecule has 0 radical (unpaired) electrons. The van der Waals surface area contributed by atoms with Gasteiger partial charge in [-0.1, -0.05) is 13.8 Å². The number of aromatic nitrogens is 2. The molecule has 1 aliphatic carbocycles. The maximum Gasteiger partial charge on any atom is 0.158 e. The van der Waals surface area contributed by atoms with E-state index in [9.17, 15) is 0 Å². The highest BCUT2D eigenvalue weighted by Gasteiger charge is 2.44. The Morgan fingerprint density at radius 1 is 1.37 bits per heavy atom. The summed E-state index contributed by atoms with van der Waals surface area (Å²) in [5.74, 6) is 3.15. The van der Waals surface area contributed by atoms with Gasteiger partial charge in [0.25, 0.3) is 0 Å². The first-order chi connectivity index (χ1) is 9.05. The van der Waals surface area contributed by atoms with Gasteiger partial charge in [0.2, 0.25) is 0 Å². The Morgan fingerprint density at radius 2 is 2.05 bits per heavy atom. The van der Waals surface area contributed by atoms with Crippen molar-refractivity contribution < 1.29 is 4.74 Å². The minimum Gasteiger partial charge on any atom is -0.374 e. The molecule has 1 unspecified atom stereocenters. The molecule has 1 aliphatic rings. The number of nitrogens with zero attached hydrogens (tertiary/aromatic N) is 2. The molecular weight excluding hydrogens is 240 g/mol. The maximum absolute atomic E-state index is 5.36. The summed E-state index contributed by atoms with van der Waals surface area (Å²) < 4.78 is 5.36. The molecule has 0 aliphatic heterocycles. The number of anilines is 2. The van der Waals surface area contributed by atoms with Gasteiger partial charge < -0.3 is 15.4 Å². The predicted molar refractivity (Wildman–Crippen MR) is 77.3 cm³/mol. The first-order valence-electron chi connectivity index (χ1n) is 6.92. The SMILES string of the molecule is CCOCc1nc(NC)cc(NCC2CC2(C)C)n1. The number of hydrogen-bond donors (Lipinski definition) is 2. The van der Waals surface area contributed by atoms with Crippen molar-refractivity contribution in [2.24, 2.45) is 11.3 Å². The zero-order valence-electron chi connectivity index (χ0n) is 12.3. The van der Waals surface area contributed by atoms with Crippen LogP contribution >= 0.6 is 0 Å². The Labute approximate surface area is 115 Å². The van der Waals surface area contributed by atoms with Crippen LogP contribution in [0.4, 0.5) is 11.6 Å². The standard InChI is InChI=1S/C14H24N4O/c1-5-19-9-13-17-11(15-4)6-12(18-13)16-8-10-7-14(10,2)3/h6,10H,5,7-9H2,1-4H3,(H2,15,16,17,18). The van der Waals surface area contributed by atoms with Crippen molar-refractivity contribution in [2.45, 2.75) is 33.8 Å². The Bertz CT molecular complexity index is 433. The lowest BCUT2D eigenvalue weighted by atomic mass is 10.1. The van der Waals surface area contributed by atoms with Crippen molar-refractivity contribution in [3.05, 3.63) is 11.9 Å².